The van der Waals surface area contributed by atoms with Crippen LogP contribution in [0.25, 0.3) is 0 Å². The van der Waals surface area contributed by atoms with Crippen LogP contribution < -0.4 is 5.73 Å². The maximum absolute atomic E-state index is 11.3. The van der Waals surface area contributed by atoms with Crippen LogP contribution in [0.4, 0.5) is 0 Å². The number of hydrogen-bond donors (Lipinski definition) is 1. The minimum Gasteiger partial charge on any atom is -0.335 e. The van der Waals surface area contributed by atoms with E-state index in [1.807, 2.05) is 17.7 Å². The van der Waals surface area contributed by atoms with E-state index in [0.717, 1.165) is 12.4 Å². The van der Waals surface area contributed by atoms with Crippen LogP contribution in [0, 0.1) is 0 Å². The average Bonchev–Trinajstić information content (AvgIpc) is 2.51. The minimum absolute atomic E-state index is 0.0286. The highest BCUT2D eigenvalue weighted by Crippen LogP contribution is 2.00. The molecule has 0 saturated carbocycles. The van der Waals surface area contributed by atoms with Gasteiger partial charge in [-0.05, 0) is 13.8 Å². The molecule has 1 atom stereocenters. The molecule has 0 aliphatic heterocycles. The Balaban J connectivity index is 2.68. The second-order valence-corrected chi connectivity index (χ2v) is 3.06. The van der Waals surface area contributed by atoms with Gasteiger partial charge in [0.2, 0.25) is 0 Å². The van der Waals surface area contributed by atoms with E-state index in [1.54, 1.807) is 13.1 Å². The van der Waals surface area contributed by atoms with Crippen LogP contribution in [0.3, 0.4) is 0 Å². The number of hydrogen-bond acceptors (Lipinski definition) is 3. The lowest BCUT2D eigenvalue weighted by molar-refractivity contribution is -0.119. The molecule has 1 rings (SSSR count). The third kappa shape index (κ3) is 2.39. The van der Waals surface area contributed by atoms with Gasteiger partial charge in [-0.1, -0.05) is 0 Å². The molecule has 0 radical (unpaired) electrons. The molecule has 1 aromatic rings. The van der Waals surface area contributed by atoms with Crippen molar-refractivity contribution in [3.05, 3.63) is 18.2 Å². The van der Waals surface area contributed by atoms with Gasteiger partial charge in [0.1, 0.15) is 5.82 Å². The number of ketones is 1. The minimum atomic E-state index is -0.401. The molecular formula is C9H15N3O. The van der Waals surface area contributed by atoms with Crippen LogP contribution in [-0.2, 0) is 17.8 Å². The Morgan fingerprint density at radius 2 is 2.46 bits per heavy atom. The third-order valence-electron chi connectivity index (χ3n) is 1.98. The smallest absolute Gasteiger partial charge is 0.156 e. The molecule has 0 aliphatic rings. The van der Waals surface area contributed by atoms with Crippen molar-refractivity contribution in [2.45, 2.75) is 32.9 Å². The number of Topliss-reactive ketones (excluding diaryl/α,β-unsaturated/α-hetero) is 1. The van der Waals surface area contributed by atoms with Crippen LogP contribution >= 0.6 is 0 Å². The summed E-state index contributed by atoms with van der Waals surface area (Å²) in [4.78, 5) is 15.4. The van der Waals surface area contributed by atoms with E-state index >= 15 is 0 Å². The van der Waals surface area contributed by atoms with Gasteiger partial charge in [0.15, 0.2) is 5.78 Å². The molecule has 4 nitrogen and oxygen atoms in total. The van der Waals surface area contributed by atoms with Crippen molar-refractivity contribution in [1.82, 2.24) is 9.55 Å². The maximum atomic E-state index is 11.3. The molecule has 2 N–H and O–H groups in total. The molecule has 13 heavy (non-hydrogen) atoms. The van der Waals surface area contributed by atoms with E-state index < -0.39 is 6.04 Å². The number of aromatic nitrogens is 2. The SMILES string of the molecule is CCn1ccnc1CC(=O)C(C)N. The molecule has 0 fully saturated rings. The Morgan fingerprint density at radius 3 is 3.00 bits per heavy atom. The van der Waals surface area contributed by atoms with Crippen LogP contribution in [0.1, 0.15) is 19.7 Å². The van der Waals surface area contributed by atoms with Gasteiger partial charge >= 0.3 is 0 Å². The van der Waals surface area contributed by atoms with E-state index in [9.17, 15) is 4.79 Å². The Kier molecular flexibility index (Phi) is 3.19. The van der Waals surface area contributed by atoms with Gasteiger partial charge in [-0.25, -0.2) is 4.98 Å². The molecule has 0 saturated heterocycles. The largest absolute Gasteiger partial charge is 0.335 e. The number of carbonyl (C=O) groups excluding carboxylic acids is 1. The highest BCUT2D eigenvalue weighted by atomic mass is 16.1. The van der Waals surface area contributed by atoms with Gasteiger partial charge < -0.3 is 10.3 Å². The lowest BCUT2D eigenvalue weighted by Gasteiger charge is -2.05. The highest BCUT2D eigenvalue weighted by molar-refractivity contribution is 5.84. The molecule has 1 heterocycles. The first-order valence-electron chi connectivity index (χ1n) is 4.43. The predicted octanol–water partition coefficient (Wildman–Crippen LogP) is 0.362. The summed E-state index contributed by atoms with van der Waals surface area (Å²) in [6.45, 7) is 4.55. The van der Waals surface area contributed by atoms with Gasteiger partial charge in [0.25, 0.3) is 0 Å². The Hall–Kier alpha value is -1.16. The fourth-order valence-corrected chi connectivity index (χ4v) is 1.11. The first-order chi connectivity index (χ1) is 6.15. The zero-order valence-corrected chi connectivity index (χ0v) is 8.03. The van der Waals surface area contributed by atoms with E-state index in [2.05, 4.69) is 4.98 Å². The van der Waals surface area contributed by atoms with Gasteiger partial charge in [-0.3, -0.25) is 4.79 Å². The van der Waals surface area contributed by atoms with Gasteiger partial charge in [-0.2, -0.15) is 0 Å². The quantitative estimate of drug-likeness (QED) is 0.729. The van der Waals surface area contributed by atoms with Crippen LogP contribution in [-0.4, -0.2) is 21.4 Å². The van der Waals surface area contributed by atoms with Gasteiger partial charge in [-0.15, -0.1) is 0 Å². The van der Waals surface area contributed by atoms with Crippen molar-refractivity contribution in [3.8, 4) is 0 Å². The predicted molar refractivity (Wildman–Crippen MR) is 50.3 cm³/mol. The summed E-state index contributed by atoms with van der Waals surface area (Å²) >= 11 is 0. The number of imidazole rings is 1. The van der Waals surface area contributed by atoms with Crippen molar-refractivity contribution >= 4 is 5.78 Å². The molecule has 0 spiro atoms. The number of carbonyl (C=O) groups is 1. The molecule has 0 aromatic carbocycles. The molecule has 1 unspecified atom stereocenters. The molecule has 72 valence electrons. The molecule has 4 heteroatoms. The molecular weight excluding hydrogens is 166 g/mol. The highest BCUT2D eigenvalue weighted by Gasteiger charge is 2.11. The molecule has 0 amide bonds. The van der Waals surface area contributed by atoms with Crippen molar-refractivity contribution in [1.29, 1.82) is 0 Å². The van der Waals surface area contributed by atoms with Crippen LogP contribution in [0.2, 0.25) is 0 Å². The summed E-state index contributed by atoms with van der Waals surface area (Å²) < 4.78 is 1.94. The van der Waals surface area contributed by atoms with Gasteiger partial charge in [0, 0.05) is 18.9 Å². The number of nitrogens with two attached hydrogens (primary N) is 1. The first-order valence-corrected chi connectivity index (χ1v) is 4.43. The third-order valence-corrected chi connectivity index (χ3v) is 1.98. The topological polar surface area (TPSA) is 60.9 Å². The standard InChI is InChI=1S/C9H15N3O/c1-3-12-5-4-11-9(12)6-8(13)7(2)10/h4-5,7H,3,6,10H2,1-2H3. The number of rotatable bonds is 4. The molecule has 0 aliphatic carbocycles. The van der Waals surface area contributed by atoms with Crippen molar-refractivity contribution in [2.75, 3.05) is 0 Å². The van der Waals surface area contributed by atoms with E-state index in [1.165, 1.54) is 0 Å². The normalized spacial score (nSPS) is 12.8. The van der Waals surface area contributed by atoms with Crippen LogP contribution in [0.15, 0.2) is 12.4 Å². The summed E-state index contributed by atoms with van der Waals surface area (Å²) in [6.07, 6.45) is 3.90. The first kappa shape index (κ1) is 9.92. The number of nitrogens with zero attached hydrogens (tertiary/aromatic N) is 2. The van der Waals surface area contributed by atoms with Crippen LogP contribution in [0.5, 0.6) is 0 Å². The Labute approximate surface area is 77.8 Å². The number of aryl methyl sites for hydroxylation is 1. The zero-order chi connectivity index (χ0) is 9.84. The van der Waals surface area contributed by atoms with Gasteiger partial charge in [0.05, 0.1) is 12.5 Å². The summed E-state index contributed by atoms with van der Waals surface area (Å²) in [7, 11) is 0. The summed E-state index contributed by atoms with van der Waals surface area (Å²) in [5.74, 6) is 0.825. The second-order valence-electron chi connectivity index (χ2n) is 3.06. The maximum Gasteiger partial charge on any atom is 0.156 e. The summed E-state index contributed by atoms with van der Waals surface area (Å²) in [5, 5.41) is 0. The van der Waals surface area contributed by atoms with E-state index in [-0.39, 0.29) is 5.78 Å². The Bertz CT molecular complexity index is 291. The Morgan fingerprint density at radius 1 is 1.77 bits per heavy atom. The van der Waals surface area contributed by atoms with Crippen molar-refractivity contribution in [3.63, 3.8) is 0 Å². The fraction of sp³-hybridized carbons (Fsp3) is 0.556. The summed E-state index contributed by atoms with van der Waals surface area (Å²) in [5.41, 5.74) is 5.46. The summed E-state index contributed by atoms with van der Waals surface area (Å²) in [6, 6.07) is -0.401. The average molecular weight is 181 g/mol. The van der Waals surface area contributed by atoms with E-state index in [0.29, 0.717) is 6.42 Å². The van der Waals surface area contributed by atoms with E-state index in [4.69, 9.17) is 5.73 Å². The second kappa shape index (κ2) is 4.18. The monoisotopic (exact) mass is 181 g/mol. The zero-order valence-electron chi connectivity index (χ0n) is 8.03. The fourth-order valence-electron chi connectivity index (χ4n) is 1.11. The lowest BCUT2D eigenvalue weighted by atomic mass is 10.1. The van der Waals surface area contributed by atoms with Crippen molar-refractivity contribution < 1.29 is 4.79 Å². The van der Waals surface area contributed by atoms with Crippen molar-refractivity contribution in [2.24, 2.45) is 5.73 Å². The lowest BCUT2D eigenvalue weighted by Crippen LogP contribution is -2.29. The molecule has 1 aromatic heterocycles. The molecule has 0 bridgehead atoms.